The Morgan fingerprint density at radius 1 is 0.737 bits per heavy atom. The van der Waals surface area contributed by atoms with Gasteiger partial charge in [0, 0.05) is 44.3 Å². The molecule has 0 aliphatic carbocycles. The van der Waals surface area contributed by atoms with Gasteiger partial charge in [-0.1, -0.05) is 24.3 Å². The first-order valence-electron chi connectivity index (χ1n) is 11.6. The van der Waals surface area contributed by atoms with Gasteiger partial charge < -0.3 is 14.7 Å². The van der Waals surface area contributed by atoms with Crippen LogP contribution in [0.3, 0.4) is 0 Å². The summed E-state index contributed by atoms with van der Waals surface area (Å²) in [6, 6.07) is 21.3. The van der Waals surface area contributed by atoms with E-state index < -0.39 is 11.9 Å². The van der Waals surface area contributed by atoms with E-state index in [4.69, 9.17) is 0 Å². The molecule has 184 valence electrons. The Morgan fingerprint density at radius 3 is 2.18 bits per heavy atom. The molecule has 0 atom stereocenters. The van der Waals surface area contributed by atoms with Gasteiger partial charge in [0.2, 0.25) is 0 Å². The number of hydrogen-bond acceptors (Lipinski definition) is 5. The summed E-state index contributed by atoms with van der Waals surface area (Å²) in [4.78, 5) is 64.7. The topological polar surface area (TPSA) is 139 Å². The number of fused-ring (bicyclic) bond motifs is 4. The third kappa shape index (κ3) is 3.56. The van der Waals surface area contributed by atoms with E-state index in [2.05, 4.69) is 10.2 Å². The molecule has 0 radical (unpaired) electrons. The number of carboxylic acid groups (broad SMARTS) is 1. The number of hydrogen-bond donors (Lipinski definition) is 2. The SMILES string of the molecule is O=NC(=O)c1cc(Cn2c3ccccc3c(=O)c3cc4[nH]c5ccccc5c(=O)c4cc32)cc(C(=O)O)c1. The normalized spacial score (nSPS) is 11.4. The van der Waals surface area contributed by atoms with Crippen molar-refractivity contribution < 1.29 is 14.7 Å². The molecule has 2 heterocycles. The number of rotatable bonds is 4. The molecule has 0 aliphatic heterocycles. The van der Waals surface area contributed by atoms with E-state index in [0.29, 0.717) is 49.2 Å². The Morgan fingerprint density at radius 2 is 1.42 bits per heavy atom. The minimum Gasteiger partial charge on any atom is -0.478 e. The third-order valence-corrected chi connectivity index (χ3v) is 6.71. The van der Waals surface area contributed by atoms with E-state index in [9.17, 15) is 29.2 Å². The van der Waals surface area contributed by atoms with Crippen LogP contribution in [0.2, 0.25) is 0 Å². The number of carbonyl (C=O) groups is 2. The second-order valence-corrected chi connectivity index (χ2v) is 8.97. The number of amides is 1. The highest BCUT2D eigenvalue weighted by Gasteiger charge is 2.17. The summed E-state index contributed by atoms with van der Waals surface area (Å²) < 4.78 is 1.80. The largest absolute Gasteiger partial charge is 0.478 e. The molecule has 0 saturated carbocycles. The first kappa shape index (κ1) is 23.0. The Labute approximate surface area is 212 Å². The molecule has 6 aromatic rings. The minimum absolute atomic E-state index is 0.0501. The van der Waals surface area contributed by atoms with Crippen molar-refractivity contribution in [3.63, 3.8) is 0 Å². The number of para-hydroxylation sites is 2. The number of nitroso groups, excluding NO2 is 1. The fraction of sp³-hybridized carbons (Fsp3) is 0.0345. The quantitative estimate of drug-likeness (QED) is 0.262. The highest BCUT2D eigenvalue weighted by atomic mass is 16.4. The molecule has 4 aromatic carbocycles. The molecule has 9 nitrogen and oxygen atoms in total. The summed E-state index contributed by atoms with van der Waals surface area (Å²) in [5, 5.41) is 13.7. The fourth-order valence-electron chi connectivity index (χ4n) is 4.98. The Bertz CT molecular complexity index is 2120. The van der Waals surface area contributed by atoms with Gasteiger partial charge in [0.05, 0.1) is 22.1 Å². The zero-order valence-electron chi connectivity index (χ0n) is 19.6. The molecule has 6 rings (SSSR count). The van der Waals surface area contributed by atoms with Crippen LogP contribution in [-0.4, -0.2) is 26.5 Å². The molecule has 0 bridgehead atoms. The van der Waals surface area contributed by atoms with Gasteiger partial charge in [-0.05, 0) is 60.2 Å². The number of benzene rings is 4. The molecular formula is C29H17N3O6. The van der Waals surface area contributed by atoms with Crippen LogP contribution in [0.1, 0.15) is 26.3 Å². The molecule has 0 unspecified atom stereocenters. The van der Waals surface area contributed by atoms with Gasteiger partial charge in [0.1, 0.15) is 0 Å². The molecule has 0 saturated heterocycles. The summed E-state index contributed by atoms with van der Waals surface area (Å²) in [7, 11) is 0. The molecule has 0 aliphatic rings. The van der Waals surface area contributed by atoms with Crippen LogP contribution in [-0.2, 0) is 6.54 Å². The molecule has 9 heteroatoms. The molecule has 0 fully saturated rings. The third-order valence-electron chi connectivity index (χ3n) is 6.71. The summed E-state index contributed by atoms with van der Waals surface area (Å²) >= 11 is 0. The van der Waals surface area contributed by atoms with Gasteiger partial charge >= 0.3 is 11.9 Å². The second kappa shape index (κ2) is 8.59. The second-order valence-electron chi connectivity index (χ2n) is 8.97. The number of pyridine rings is 2. The van der Waals surface area contributed by atoms with Crippen molar-refractivity contribution in [2.75, 3.05) is 0 Å². The van der Waals surface area contributed by atoms with Crippen LogP contribution in [0.4, 0.5) is 0 Å². The van der Waals surface area contributed by atoms with Crippen LogP contribution in [0.25, 0.3) is 43.6 Å². The predicted octanol–water partition coefficient (Wildman–Crippen LogP) is 4.80. The number of aromatic amines is 1. The maximum atomic E-state index is 13.5. The number of nitrogens with one attached hydrogen (secondary N) is 1. The van der Waals surface area contributed by atoms with Crippen molar-refractivity contribution in [3.8, 4) is 0 Å². The monoisotopic (exact) mass is 503 g/mol. The lowest BCUT2D eigenvalue weighted by molar-refractivity contribution is 0.0696. The Balaban J connectivity index is 1.70. The fourth-order valence-corrected chi connectivity index (χ4v) is 4.98. The van der Waals surface area contributed by atoms with Gasteiger partial charge in [-0.3, -0.25) is 14.4 Å². The van der Waals surface area contributed by atoms with Crippen LogP contribution >= 0.6 is 0 Å². The van der Waals surface area contributed by atoms with Crippen molar-refractivity contribution in [1.82, 2.24) is 9.55 Å². The highest BCUT2D eigenvalue weighted by Crippen LogP contribution is 2.26. The van der Waals surface area contributed by atoms with E-state index >= 15 is 0 Å². The van der Waals surface area contributed by atoms with E-state index in [1.807, 2.05) is 6.07 Å². The first-order chi connectivity index (χ1) is 18.4. The van der Waals surface area contributed by atoms with E-state index in [1.54, 1.807) is 59.2 Å². The van der Waals surface area contributed by atoms with E-state index in [1.165, 1.54) is 12.1 Å². The van der Waals surface area contributed by atoms with Gasteiger partial charge in [-0.15, -0.1) is 4.91 Å². The Hall–Kier alpha value is -5.44. The highest BCUT2D eigenvalue weighted by molar-refractivity contribution is 6.03. The van der Waals surface area contributed by atoms with E-state index in [0.717, 1.165) is 6.07 Å². The molecular weight excluding hydrogens is 486 g/mol. The molecule has 2 aromatic heterocycles. The summed E-state index contributed by atoms with van der Waals surface area (Å²) in [5.74, 6) is -2.36. The number of carbonyl (C=O) groups excluding carboxylic acids is 1. The number of nitrogens with zero attached hydrogens (tertiary/aromatic N) is 2. The standard InChI is InChI=1S/C29H17N3O6/c33-26-18-5-1-3-7-22(18)30-23-12-21-25(13-20(23)26)32(24-8-4-2-6-19(24)27(21)34)14-15-9-16(28(35)31-38)11-17(10-15)29(36)37/h1-13H,14H2,(H,30,33)(H,36,37). The maximum absolute atomic E-state index is 13.5. The minimum atomic E-state index is -1.27. The summed E-state index contributed by atoms with van der Waals surface area (Å²) in [6.45, 7) is 0.0501. The van der Waals surface area contributed by atoms with E-state index in [-0.39, 0.29) is 28.5 Å². The zero-order valence-corrected chi connectivity index (χ0v) is 19.6. The first-order valence-corrected chi connectivity index (χ1v) is 11.6. The average molecular weight is 503 g/mol. The van der Waals surface area contributed by atoms with Crippen molar-refractivity contribution in [3.05, 3.63) is 121 Å². The van der Waals surface area contributed by atoms with Crippen molar-refractivity contribution >= 4 is 55.5 Å². The molecule has 1 amide bonds. The maximum Gasteiger partial charge on any atom is 0.335 e. The number of carboxylic acids is 1. The van der Waals surface area contributed by atoms with Gasteiger partial charge in [0.15, 0.2) is 10.9 Å². The van der Waals surface area contributed by atoms with Gasteiger partial charge in [0.25, 0.3) is 0 Å². The summed E-state index contributed by atoms with van der Waals surface area (Å²) in [5.41, 5.74) is 1.84. The smallest absolute Gasteiger partial charge is 0.335 e. The van der Waals surface area contributed by atoms with Crippen LogP contribution in [0, 0.1) is 4.91 Å². The Kier molecular flexibility index (Phi) is 5.20. The predicted molar refractivity (Wildman–Crippen MR) is 144 cm³/mol. The van der Waals surface area contributed by atoms with Crippen molar-refractivity contribution in [1.29, 1.82) is 0 Å². The zero-order chi connectivity index (χ0) is 26.6. The van der Waals surface area contributed by atoms with Gasteiger partial charge in [-0.2, -0.15) is 0 Å². The number of aromatic nitrogens is 2. The van der Waals surface area contributed by atoms with Crippen LogP contribution in [0.15, 0.2) is 93.6 Å². The lowest BCUT2D eigenvalue weighted by atomic mass is 10.0. The summed E-state index contributed by atoms with van der Waals surface area (Å²) in [6.07, 6.45) is 0. The number of aromatic carboxylic acids is 1. The van der Waals surface area contributed by atoms with Crippen LogP contribution in [0.5, 0.6) is 0 Å². The molecule has 38 heavy (non-hydrogen) atoms. The lowest BCUT2D eigenvalue weighted by Crippen LogP contribution is -2.14. The average Bonchev–Trinajstić information content (AvgIpc) is 2.94. The van der Waals surface area contributed by atoms with Crippen molar-refractivity contribution in [2.24, 2.45) is 5.18 Å². The lowest BCUT2D eigenvalue weighted by Gasteiger charge is -2.17. The van der Waals surface area contributed by atoms with Crippen LogP contribution < -0.4 is 10.9 Å². The molecule has 2 N–H and O–H groups in total. The molecule has 0 spiro atoms. The number of H-pyrrole nitrogens is 1. The van der Waals surface area contributed by atoms with Gasteiger partial charge in [-0.25, -0.2) is 4.79 Å². The van der Waals surface area contributed by atoms with Crippen molar-refractivity contribution in [2.45, 2.75) is 6.54 Å².